The number of aromatic nitrogens is 2. The smallest absolute Gasteiger partial charge is 0.317 e. The van der Waals surface area contributed by atoms with E-state index >= 15 is 0 Å². The van der Waals surface area contributed by atoms with Crippen molar-refractivity contribution < 1.29 is 24.0 Å². The standard InChI is InChI=1S/C16H24N4O5/c1-10-17-15(25-19-10)9-24-8-14(21)18-12-4-13(5-12)20(7-16(22)23)6-11-2-3-11/h11-13H,2-9H2,1H3,(H,18,21)(H,22,23). The van der Waals surface area contributed by atoms with Crippen molar-refractivity contribution in [1.29, 1.82) is 0 Å². The third-order valence-corrected chi connectivity index (χ3v) is 4.55. The molecule has 138 valence electrons. The lowest BCUT2D eigenvalue weighted by molar-refractivity contribution is -0.140. The molecule has 0 bridgehead atoms. The van der Waals surface area contributed by atoms with Crippen molar-refractivity contribution in [2.75, 3.05) is 19.7 Å². The summed E-state index contributed by atoms with van der Waals surface area (Å²) in [4.78, 5) is 28.9. The van der Waals surface area contributed by atoms with Crippen LogP contribution in [-0.4, -0.2) is 63.8 Å². The number of aliphatic carboxylic acids is 1. The molecule has 0 aromatic carbocycles. The van der Waals surface area contributed by atoms with E-state index in [1.165, 1.54) is 12.8 Å². The molecule has 0 spiro atoms. The topological polar surface area (TPSA) is 118 Å². The number of carboxylic acid groups (broad SMARTS) is 1. The number of carbonyl (C=O) groups is 2. The molecule has 2 N–H and O–H groups in total. The van der Waals surface area contributed by atoms with Crippen LogP contribution in [0.15, 0.2) is 4.52 Å². The third-order valence-electron chi connectivity index (χ3n) is 4.55. The van der Waals surface area contributed by atoms with Crippen molar-refractivity contribution in [3.05, 3.63) is 11.7 Å². The Morgan fingerprint density at radius 1 is 1.40 bits per heavy atom. The Labute approximate surface area is 145 Å². The second kappa shape index (κ2) is 7.92. The van der Waals surface area contributed by atoms with E-state index < -0.39 is 5.97 Å². The molecule has 2 aliphatic carbocycles. The summed E-state index contributed by atoms with van der Waals surface area (Å²) in [6, 6.07) is 0.325. The summed E-state index contributed by atoms with van der Waals surface area (Å²) in [6.07, 6.45) is 3.96. The second-order valence-corrected chi connectivity index (χ2v) is 6.88. The summed E-state index contributed by atoms with van der Waals surface area (Å²) in [6.45, 7) is 2.68. The lowest BCUT2D eigenvalue weighted by Gasteiger charge is -2.42. The number of nitrogens with one attached hydrogen (secondary N) is 1. The third kappa shape index (κ3) is 5.50. The maximum atomic E-state index is 11.9. The van der Waals surface area contributed by atoms with Crippen LogP contribution in [0.2, 0.25) is 0 Å². The van der Waals surface area contributed by atoms with Gasteiger partial charge in [0.15, 0.2) is 5.82 Å². The molecule has 1 amide bonds. The molecule has 1 aromatic rings. The SMILES string of the molecule is Cc1noc(COCC(=O)NC2CC(N(CC(=O)O)CC3CC3)C2)n1. The highest BCUT2D eigenvalue weighted by Crippen LogP contribution is 2.33. The molecule has 0 unspecified atom stereocenters. The number of rotatable bonds is 10. The van der Waals surface area contributed by atoms with E-state index in [0.29, 0.717) is 17.6 Å². The van der Waals surface area contributed by atoms with Crippen molar-refractivity contribution in [2.24, 2.45) is 5.92 Å². The number of hydrogen-bond donors (Lipinski definition) is 2. The Balaban J connectivity index is 1.32. The van der Waals surface area contributed by atoms with Crippen LogP contribution in [0.25, 0.3) is 0 Å². The van der Waals surface area contributed by atoms with Gasteiger partial charge in [-0.2, -0.15) is 4.98 Å². The second-order valence-electron chi connectivity index (χ2n) is 6.88. The summed E-state index contributed by atoms with van der Waals surface area (Å²) in [5.74, 6) is 0.540. The van der Waals surface area contributed by atoms with E-state index in [4.69, 9.17) is 14.4 Å². The van der Waals surface area contributed by atoms with Crippen molar-refractivity contribution >= 4 is 11.9 Å². The predicted molar refractivity (Wildman–Crippen MR) is 85.6 cm³/mol. The molecule has 0 saturated heterocycles. The van der Waals surface area contributed by atoms with Gasteiger partial charge in [0.2, 0.25) is 5.91 Å². The first-order valence-electron chi connectivity index (χ1n) is 8.61. The fourth-order valence-electron chi connectivity index (χ4n) is 3.05. The normalized spacial score (nSPS) is 22.6. The van der Waals surface area contributed by atoms with Crippen LogP contribution in [0.4, 0.5) is 0 Å². The van der Waals surface area contributed by atoms with Gasteiger partial charge in [0.05, 0.1) is 6.54 Å². The van der Waals surface area contributed by atoms with Gasteiger partial charge in [-0.05, 0) is 38.5 Å². The first kappa shape index (κ1) is 17.8. The van der Waals surface area contributed by atoms with Crippen LogP contribution in [0.3, 0.4) is 0 Å². The minimum atomic E-state index is -0.794. The number of carboxylic acids is 1. The lowest BCUT2D eigenvalue weighted by Crippen LogP contribution is -2.55. The molecule has 0 atom stereocenters. The average Bonchev–Trinajstić information content (AvgIpc) is 3.22. The van der Waals surface area contributed by atoms with Crippen LogP contribution in [0.1, 0.15) is 37.4 Å². The van der Waals surface area contributed by atoms with E-state index in [0.717, 1.165) is 19.4 Å². The van der Waals surface area contributed by atoms with Gasteiger partial charge in [0, 0.05) is 18.6 Å². The molecule has 3 rings (SSSR count). The van der Waals surface area contributed by atoms with Gasteiger partial charge in [0.1, 0.15) is 13.2 Å². The summed E-state index contributed by atoms with van der Waals surface area (Å²) in [5.41, 5.74) is 0. The molecular formula is C16H24N4O5. The summed E-state index contributed by atoms with van der Waals surface area (Å²) in [5, 5.41) is 15.6. The predicted octanol–water partition coefficient (Wildman–Crippen LogP) is 0.338. The molecule has 1 heterocycles. The van der Waals surface area contributed by atoms with E-state index in [9.17, 15) is 9.59 Å². The van der Waals surface area contributed by atoms with Crippen LogP contribution in [0, 0.1) is 12.8 Å². The largest absolute Gasteiger partial charge is 0.480 e. The highest BCUT2D eigenvalue weighted by molar-refractivity contribution is 5.77. The molecule has 2 saturated carbocycles. The van der Waals surface area contributed by atoms with E-state index in [-0.39, 0.29) is 37.7 Å². The van der Waals surface area contributed by atoms with Crippen molar-refractivity contribution in [3.8, 4) is 0 Å². The molecule has 0 aliphatic heterocycles. The first-order valence-corrected chi connectivity index (χ1v) is 8.61. The number of nitrogens with zero attached hydrogens (tertiary/aromatic N) is 3. The van der Waals surface area contributed by atoms with Crippen LogP contribution in [-0.2, 0) is 20.9 Å². The Morgan fingerprint density at radius 2 is 2.16 bits per heavy atom. The maximum absolute atomic E-state index is 11.9. The van der Waals surface area contributed by atoms with Gasteiger partial charge >= 0.3 is 5.97 Å². The Morgan fingerprint density at radius 3 is 2.76 bits per heavy atom. The van der Waals surface area contributed by atoms with Gasteiger partial charge in [-0.25, -0.2) is 0 Å². The molecule has 9 nitrogen and oxygen atoms in total. The van der Waals surface area contributed by atoms with Gasteiger partial charge in [-0.15, -0.1) is 0 Å². The Kier molecular flexibility index (Phi) is 5.64. The molecule has 0 radical (unpaired) electrons. The molecule has 1 aromatic heterocycles. The maximum Gasteiger partial charge on any atom is 0.317 e. The number of amides is 1. The van der Waals surface area contributed by atoms with E-state index in [2.05, 4.69) is 15.5 Å². The average molecular weight is 352 g/mol. The highest BCUT2D eigenvalue weighted by atomic mass is 16.5. The molecular weight excluding hydrogens is 328 g/mol. The van der Waals surface area contributed by atoms with Crippen molar-refractivity contribution in [3.63, 3.8) is 0 Å². The molecule has 9 heteroatoms. The van der Waals surface area contributed by atoms with Crippen LogP contribution < -0.4 is 5.32 Å². The minimum Gasteiger partial charge on any atom is -0.480 e. The summed E-state index contributed by atoms with van der Waals surface area (Å²) >= 11 is 0. The van der Waals surface area contributed by atoms with E-state index in [1.54, 1.807) is 6.92 Å². The quantitative estimate of drug-likeness (QED) is 0.619. The van der Waals surface area contributed by atoms with Crippen molar-refractivity contribution in [1.82, 2.24) is 20.4 Å². The zero-order valence-corrected chi connectivity index (χ0v) is 14.3. The number of carbonyl (C=O) groups excluding carboxylic acids is 1. The number of aryl methyl sites for hydroxylation is 1. The van der Waals surface area contributed by atoms with E-state index in [1.807, 2.05) is 4.90 Å². The zero-order valence-electron chi connectivity index (χ0n) is 14.3. The first-order chi connectivity index (χ1) is 12.0. The lowest BCUT2D eigenvalue weighted by atomic mass is 9.85. The van der Waals surface area contributed by atoms with Crippen molar-refractivity contribution in [2.45, 2.75) is 51.3 Å². The Hall–Kier alpha value is -2.00. The molecule has 2 fully saturated rings. The Bertz CT molecular complexity index is 609. The fourth-order valence-corrected chi connectivity index (χ4v) is 3.05. The molecule has 25 heavy (non-hydrogen) atoms. The fraction of sp³-hybridized carbons (Fsp3) is 0.750. The minimum absolute atomic E-state index is 0.0660. The van der Waals surface area contributed by atoms with Crippen LogP contribution >= 0.6 is 0 Å². The van der Waals surface area contributed by atoms with Gasteiger partial charge in [-0.3, -0.25) is 14.5 Å². The molecule has 2 aliphatic rings. The zero-order chi connectivity index (χ0) is 17.8. The number of hydrogen-bond acceptors (Lipinski definition) is 7. The summed E-state index contributed by atoms with van der Waals surface area (Å²) < 4.78 is 10.2. The van der Waals surface area contributed by atoms with Gasteiger partial charge in [-0.1, -0.05) is 5.16 Å². The van der Waals surface area contributed by atoms with Gasteiger partial charge in [0.25, 0.3) is 5.89 Å². The van der Waals surface area contributed by atoms with Crippen LogP contribution in [0.5, 0.6) is 0 Å². The monoisotopic (exact) mass is 352 g/mol. The summed E-state index contributed by atoms with van der Waals surface area (Å²) in [7, 11) is 0. The number of ether oxygens (including phenoxy) is 1. The highest BCUT2D eigenvalue weighted by Gasteiger charge is 2.37. The van der Waals surface area contributed by atoms with Gasteiger partial charge < -0.3 is 19.7 Å².